The van der Waals surface area contributed by atoms with Gasteiger partial charge in [-0.1, -0.05) is 15.9 Å². The molecule has 0 spiro atoms. The lowest BCUT2D eigenvalue weighted by Gasteiger charge is -2.35. The second-order valence-corrected chi connectivity index (χ2v) is 7.89. The Morgan fingerprint density at radius 3 is 2.68 bits per heavy atom. The van der Waals surface area contributed by atoms with Crippen molar-refractivity contribution in [1.29, 1.82) is 0 Å². The normalized spacial score (nSPS) is 12.5. The quantitative estimate of drug-likeness (QED) is 0.650. The van der Waals surface area contributed by atoms with E-state index in [1.54, 1.807) is 0 Å². The zero-order valence-corrected chi connectivity index (χ0v) is 14.7. The molecule has 2 aromatic rings. The van der Waals surface area contributed by atoms with Gasteiger partial charge in [0.2, 0.25) is 0 Å². The van der Waals surface area contributed by atoms with E-state index >= 15 is 0 Å². The molecule has 1 nitrogen and oxygen atoms in total. The van der Waals surface area contributed by atoms with Gasteiger partial charge in [-0.05, 0) is 55.3 Å². The van der Waals surface area contributed by atoms with Crippen LogP contribution in [0.4, 0.5) is 0 Å². The fraction of sp³-hybridized carbons (Fsp3) is 0.467. The van der Waals surface area contributed by atoms with E-state index < -0.39 is 0 Å². The molecule has 0 radical (unpaired) electrons. The van der Waals surface area contributed by atoms with Crippen molar-refractivity contribution in [3.63, 3.8) is 0 Å². The van der Waals surface area contributed by atoms with Gasteiger partial charge in [0.15, 0.2) is 0 Å². The topological polar surface area (TPSA) is 3.24 Å². The maximum atomic E-state index is 5.94. The SMILES string of the molecule is CC(C)(C)N(CCCl)Cc1csc2ccc(Br)cc12. The van der Waals surface area contributed by atoms with Crippen LogP contribution in [0.1, 0.15) is 26.3 Å². The molecular formula is C15H19BrClNS. The number of halogens is 2. The van der Waals surface area contributed by atoms with Crippen molar-refractivity contribution in [1.82, 2.24) is 4.90 Å². The van der Waals surface area contributed by atoms with Gasteiger partial charge in [0.25, 0.3) is 0 Å². The summed E-state index contributed by atoms with van der Waals surface area (Å²) < 4.78 is 2.48. The van der Waals surface area contributed by atoms with Gasteiger partial charge >= 0.3 is 0 Å². The molecular weight excluding hydrogens is 342 g/mol. The predicted molar refractivity (Wildman–Crippen MR) is 90.4 cm³/mol. The first-order valence-corrected chi connectivity index (χ1v) is 8.59. The minimum absolute atomic E-state index is 0.134. The molecule has 0 amide bonds. The second-order valence-electron chi connectivity index (χ2n) is 5.68. The summed E-state index contributed by atoms with van der Waals surface area (Å²) in [6.07, 6.45) is 0. The Balaban J connectivity index is 2.31. The van der Waals surface area contributed by atoms with Crippen molar-refractivity contribution >= 4 is 49.0 Å². The molecule has 0 saturated heterocycles. The molecule has 0 atom stereocenters. The standard InChI is InChI=1S/C15H19BrClNS/c1-15(2,3)18(7-6-17)9-11-10-19-14-5-4-12(16)8-13(11)14/h4-5,8,10H,6-7,9H2,1-3H3. The third-order valence-electron chi connectivity index (χ3n) is 3.28. The second kappa shape index (κ2) is 6.13. The zero-order chi connectivity index (χ0) is 14.0. The Kier molecular flexibility index (Phi) is 4.93. The minimum Gasteiger partial charge on any atom is -0.293 e. The molecule has 0 fully saturated rings. The molecule has 0 unspecified atom stereocenters. The Morgan fingerprint density at radius 1 is 1.32 bits per heavy atom. The number of hydrogen-bond acceptors (Lipinski definition) is 2. The molecule has 0 aliphatic carbocycles. The van der Waals surface area contributed by atoms with Crippen LogP contribution in [-0.4, -0.2) is 22.9 Å². The smallest absolute Gasteiger partial charge is 0.0351 e. The van der Waals surface area contributed by atoms with Gasteiger partial charge in [-0.2, -0.15) is 0 Å². The number of rotatable bonds is 4. The van der Waals surface area contributed by atoms with Crippen molar-refractivity contribution in [2.24, 2.45) is 0 Å². The van der Waals surface area contributed by atoms with Crippen molar-refractivity contribution in [2.45, 2.75) is 32.9 Å². The van der Waals surface area contributed by atoms with E-state index in [1.165, 1.54) is 15.6 Å². The molecule has 0 N–H and O–H groups in total. The molecule has 4 heteroatoms. The number of benzene rings is 1. The van der Waals surface area contributed by atoms with E-state index in [0.717, 1.165) is 17.6 Å². The van der Waals surface area contributed by atoms with Crippen molar-refractivity contribution in [3.05, 3.63) is 33.6 Å². The lowest BCUT2D eigenvalue weighted by Crippen LogP contribution is -2.41. The summed E-state index contributed by atoms with van der Waals surface area (Å²) in [6.45, 7) is 8.58. The van der Waals surface area contributed by atoms with E-state index in [0.29, 0.717) is 5.88 Å². The monoisotopic (exact) mass is 359 g/mol. The first-order valence-electron chi connectivity index (χ1n) is 6.38. The van der Waals surface area contributed by atoms with Gasteiger partial charge in [-0.3, -0.25) is 4.90 Å². The molecule has 1 heterocycles. The van der Waals surface area contributed by atoms with Crippen LogP contribution < -0.4 is 0 Å². The van der Waals surface area contributed by atoms with Crippen LogP contribution in [0.25, 0.3) is 10.1 Å². The van der Waals surface area contributed by atoms with Crippen LogP contribution >= 0.6 is 38.9 Å². The van der Waals surface area contributed by atoms with Crippen LogP contribution in [-0.2, 0) is 6.54 Å². The number of alkyl halides is 1. The van der Waals surface area contributed by atoms with Crippen LogP contribution in [0.3, 0.4) is 0 Å². The van der Waals surface area contributed by atoms with E-state index in [4.69, 9.17) is 11.6 Å². The molecule has 2 rings (SSSR count). The number of hydrogen-bond donors (Lipinski definition) is 0. The summed E-state index contributed by atoms with van der Waals surface area (Å²) in [7, 11) is 0. The summed E-state index contributed by atoms with van der Waals surface area (Å²) in [5, 5.41) is 3.62. The van der Waals surface area contributed by atoms with E-state index in [-0.39, 0.29) is 5.54 Å². The summed E-state index contributed by atoms with van der Waals surface area (Å²) in [5.74, 6) is 0.670. The molecule has 0 saturated carbocycles. The van der Waals surface area contributed by atoms with Crippen molar-refractivity contribution in [3.8, 4) is 0 Å². The highest BCUT2D eigenvalue weighted by molar-refractivity contribution is 9.10. The van der Waals surface area contributed by atoms with Gasteiger partial charge in [-0.25, -0.2) is 0 Å². The maximum absolute atomic E-state index is 5.94. The average molecular weight is 361 g/mol. The van der Waals surface area contributed by atoms with E-state index in [1.807, 2.05) is 11.3 Å². The van der Waals surface area contributed by atoms with Gasteiger partial charge in [-0.15, -0.1) is 22.9 Å². The van der Waals surface area contributed by atoms with Gasteiger partial charge in [0.1, 0.15) is 0 Å². The third kappa shape index (κ3) is 3.72. The summed E-state index contributed by atoms with van der Waals surface area (Å²) in [4.78, 5) is 2.43. The first kappa shape index (κ1) is 15.3. The highest BCUT2D eigenvalue weighted by Gasteiger charge is 2.21. The van der Waals surface area contributed by atoms with Crippen LogP contribution in [0.2, 0.25) is 0 Å². The Labute approximate surface area is 132 Å². The van der Waals surface area contributed by atoms with E-state index in [2.05, 4.69) is 65.2 Å². The predicted octanol–water partition coefficient (Wildman–Crippen LogP) is 5.50. The lowest BCUT2D eigenvalue weighted by atomic mass is 10.0. The summed E-state index contributed by atoms with van der Waals surface area (Å²) in [6, 6.07) is 6.49. The van der Waals surface area contributed by atoms with Gasteiger partial charge < -0.3 is 0 Å². The van der Waals surface area contributed by atoms with Crippen molar-refractivity contribution in [2.75, 3.05) is 12.4 Å². The van der Waals surface area contributed by atoms with Crippen LogP contribution in [0.15, 0.2) is 28.1 Å². The van der Waals surface area contributed by atoms with Gasteiger partial charge in [0.05, 0.1) is 0 Å². The number of nitrogens with zero attached hydrogens (tertiary/aromatic N) is 1. The van der Waals surface area contributed by atoms with E-state index in [9.17, 15) is 0 Å². The number of thiophene rings is 1. The molecule has 0 aliphatic rings. The Bertz CT molecular complexity index is 559. The lowest BCUT2D eigenvalue weighted by molar-refractivity contribution is 0.138. The zero-order valence-electron chi connectivity index (χ0n) is 11.5. The molecule has 1 aromatic carbocycles. The molecule has 104 valence electrons. The highest BCUT2D eigenvalue weighted by Crippen LogP contribution is 2.30. The fourth-order valence-electron chi connectivity index (χ4n) is 2.14. The average Bonchev–Trinajstić information content (AvgIpc) is 2.70. The molecule has 1 aromatic heterocycles. The third-order valence-corrected chi connectivity index (χ3v) is 4.95. The van der Waals surface area contributed by atoms with Crippen molar-refractivity contribution < 1.29 is 0 Å². The van der Waals surface area contributed by atoms with Crippen LogP contribution in [0.5, 0.6) is 0 Å². The van der Waals surface area contributed by atoms with Crippen LogP contribution in [0, 0.1) is 0 Å². The fourth-order valence-corrected chi connectivity index (χ4v) is 3.64. The Morgan fingerprint density at radius 2 is 2.05 bits per heavy atom. The Hall–Kier alpha value is -0.0900. The summed E-state index contributed by atoms with van der Waals surface area (Å²) in [5.41, 5.74) is 1.52. The van der Waals surface area contributed by atoms with Gasteiger partial charge in [0, 0.05) is 33.7 Å². The number of fused-ring (bicyclic) bond motifs is 1. The maximum Gasteiger partial charge on any atom is 0.0351 e. The largest absolute Gasteiger partial charge is 0.293 e. The minimum atomic E-state index is 0.134. The first-order chi connectivity index (χ1) is 8.91. The summed E-state index contributed by atoms with van der Waals surface area (Å²) >= 11 is 11.3. The molecule has 0 bridgehead atoms. The highest BCUT2D eigenvalue weighted by atomic mass is 79.9. The molecule has 0 aliphatic heterocycles. The molecule has 19 heavy (non-hydrogen) atoms.